The van der Waals surface area contributed by atoms with Crippen LogP contribution in [0.5, 0.6) is 0 Å². The molecule has 2 unspecified atom stereocenters. The van der Waals surface area contributed by atoms with Crippen LogP contribution in [0.1, 0.15) is 25.3 Å². The molecule has 118 valence electrons. The molecular formula is C16H19BrN2O2S. The summed E-state index contributed by atoms with van der Waals surface area (Å²) in [6, 6.07) is 7.64. The van der Waals surface area contributed by atoms with Crippen molar-refractivity contribution < 1.29 is 9.59 Å². The van der Waals surface area contributed by atoms with Crippen LogP contribution in [-0.2, 0) is 16.1 Å². The van der Waals surface area contributed by atoms with Gasteiger partial charge in [-0.15, -0.1) is 11.8 Å². The van der Waals surface area contributed by atoms with E-state index >= 15 is 0 Å². The lowest BCUT2D eigenvalue weighted by atomic mass is 10.1. The number of fused-ring (bicyclic) bond motifs is 1. The van der Waals surface area contributed by atoms with Crippen LogP contribution in [0.2, 0.25) is 0 Å². The Bertz CT molecular complexity index is 607. The van der Waals surface area contributed by atoms with Crippen molar-refractivity contribution in [2.24, 2.45) is 0 Å². The molecule has 0 spiro atoms. The topological polar surface area (TPSA) is 40.6 Å². The molecule has 6 heteroatoms. The molecule has 2 atom stereocenters. The summed E-state index contributed by atoms with van der Waals surface area (Å²) in [4.78, 5) is 28.2. The first kappa shape index (κ1) is 15.9. The summed E-state index contributed by atoms with van der Waals surface area (Å²) in [5, 5.41) is 0. The van der Waals surface area contributed by atoms with Crippen LogP contribution in [0, 0.1) is 0 Å². The number of carbonyl (C=O) groups is 2. The van der Waals surface area contributed by atoms with Crippen LogP contribution >= 0.6 is 27.7 Å². The summed E-state index contributed by atoms with van der Waals surface area (Å²) in [6.07, 6.45) is 1.40. The average Bonchev–Trinajstić information content (AvgIpc) is 2.98. The third-order valence-electron chi connectivity index (χ3n) is 4.44. The molecule has 0 aromatic heterocycles. The van der Waals surface area contributed by atoms with Gasteiger partial charge in [0.05, 0.1) is 4.87 Å². The van der Waals surface area contributed by atoms with Gasteiger partial charge in [-0.25, -0.2) is 0 Å². The Hall–Kier alpha value is -1.01. The number of benzene rings is 1. The zero-order valence-corrected chi connectivity index (χ0v) is 15.1. The summed E-state index contributed by atoms with van der Waals surface area (Å²) in [5.41, 5.74) is 1.08. The Balaban J connectivity index is 1.71. The van der Waals surface area contributed by atoms with E-state index in [9.17, 15) is 9.59 Å². The highest BCUT2D eigenvalue weighted by Crippen LogP contribution is 2.47. The first-order valence-electron chi connectivity index (χ1n) is 7.36. The van der Waals surface area contributed by atoms with E-state index in [1.807, 2.05) is 36.2 Å². The monoisotopic (exact) mass is 382 g/mol. The van der Waals surface area contributed by atoms with E-state index < -0.39 is 0 Å². The molecule has 2 aliphatic heterocycles. The summed E-state index contributed by atoms with van der Waals surface area (Å²) in [6.45, 7) is 2.64. The van der Waals surface area contributed by atoms with Gasteiger partial charge < -0.3 is 9.80 Å². The molecule has 0 saturated carbocycles. The maximum Gasteiger partial charge on any atom is 0.246 e. The number of hydrogen-bond donors (Lipinski definition) is 0. The smallest absolute Gasteiger partial charge is 0.246 e. The van der Waals surface area contributed by atoms with E-state index in [1.165, 1.54) is 0 Å². The highest BCUT2D eigenvalue weighted by Gasteiger charge is 2.53. The van der Waals surface area contributed by atoms with Crippen LogP contribution in [0.3, 0.4) is 0 Å². The van der Waals surface area contributed by atoms with Gasteiger partial charge in [0.1, 0.15) is 6.04 Å². The van der Waals surface area contributed by atoms with E-state index in [0.29, 0.717) is 18.7 Å². The number of likely N-dealkylation sites (N-methyl/N-ethyl adjacent to an activating group) is 1. The van der Waals surface area contributed by atoms with E-state index in [1.54, 1.807) is 16.7 Å². The molecule has 2 aliphatic rings. The second kappa shape index (κ2) is 5.89. The molecule has 2 saturated heterocycles. The summed E-state index contributed by atoms with van der Waals surface area (Å²) in [7, 11) is 1.81. The fourth-order valence-electron chi connectivity index (χ4n) is 3.20. The summed E-state index contributed by atoms with van der Waals surface area (Å²) >= 11 is 5.14. The predicted octanol–water partition coefficient (Wildman–Crippen LogP) is 2.86. The van der Waals surface area contributed by atoms with Crippen molar-refractivity contribution in [1.29, 1.82) is 0 Å². The Morgan fingerprint density at radius 1 is 1.45 bits per heavy atom. The lowest BCUT2D eigenvalue weighted by Gasteiger charge is -2.32. The SMILES string of the molecule is CN(Cc1ccc(Br)cc1)C(=O)C1CSC2(C)CCC(=O)N12. The highest BCUT2D eigenvalue weighted by atomic mass is 79.9. The van der Waals surface area contributed by atoms with Crippen LogP contribution in [0.25, 0.3) is 0 Å². The molecule has 0 radical (unpaired) electrons. The van der Waals surface area contributed by atoms with Gasteiger partial charge in [-0.1, -0.05) is 28.1 Å². The van der Waals surface area contributed by atoms with Crippen molar-refractivity contribution >= 4 is 39.5 Å². The third kappa shape index (κ3) is 2.78. The van der Waals surface area contributed by atoms with Crippen molar-refractivity contribution in [3.63, 3.8) is 0 Å². The summed E-state index contributed by atoms with van der Waals surface area (Å²) in [5.74, 6) is 0.850. The Morgan fingerprint density at radius 2 is 2.14 bits per heavy atom. The number of hydrogen-bond acceptors (Lipinski definition) is 3. The van der Waals surface area contributed by atoms with Crippen LogP contribution < -0.4 is 0 Å². The molecule has 2 heterocycles. The molecule has 3 rings (SSSR count). The fourth-order valence-corrected chi connectivity index (χ4v) is 4.89. The van der Waals surface area contributed by atoms with Gasteiger partial charge in [-0.3, -0.25) is 9.59 Å². The van der Waals surface area contributed by atoms with Gasteiger partial charge in [-0.2, -0.15) is 0 Å². The minimum Gasteiger partial charge on any atom is -0.340 e. The maximum absolute atomic E-state index is 12.8. The molecular weight excluding hydrogens is 364 g/mol. The van der Waals surface area contributed by atoms with Crippen LogP contribution in [0.4, 0.5) is 0 Å². The van der Waals surface area contributed by atoms with Crippen molar-refractivity contribution in [3.05, 3.63) is 34.3 Å². The normalized spacial score (nSPS) is 27.1. The Morgan fingerprint density at radius 3 is 2.82 bits per heavy atom. The van der Waals surface area contributed by atoms with Gasteiger partial charge in [-0.05, 0) is 31.0 Å². The van der Waals surface area contributed by atoms with E-state index in [2.05, 4.69) is 22.9 Å². The maximum atomic E-state index is 12.8. The van der Waals surface area contributed by atoms with E-state index in [4.69, 9.17) is 0 Å². The summed E-state index contributed by atoms with van der Waals surface area (Å²) < 4.78 is 1.02. The zero-order valence-electron chi connectivity index (χ0n) is 12.7. The number of amides is 2. The van der Waals surface area contributed by atoms with E-state index in [0.717, 1.165) is 16.5 Å². The second-order valence-electron chi connectivity index (χ2n) is 6.09. The average molecular weight is 383 g/mol. The molecule has 0 aliphatic carbocycles. The second-order valence-corrected chi connectivity index (χ2v) is 8.50. The van der Waals surface area contributed by atoms with Crippen LogP contribution in [-0.4, -0.2) is 45.3 Å². The minimum absolute atomic E-state index is 0.0365. The zero-order chi connectivity index (χ0) is 15.9. The molecule has 2 amide bonds. The lowest BCUT2D eigenvalue weighted by molar-refractivity contribution is -0.143. The molecule has 1 aromatic carbocycles. The van der Waals surface area contributed by atoms with Gasteiger partial charge in [0.15, 0.2) is 0 Å². The highest BCUT2D eigenvalue weighted by molar-refractivity contribution is 9.10. The molecule has 0 bridgehead atoms. The van der Waals surface area contributed by atoms with Gasteiger partial charge in [0, 0.05) is 30.2 Å². The minimum atomic E-state index is -0.314. The Kier molecular flexibility index (Phi) is 4.25. The number of nitrogens with zero attached hydrogens (tertiary/aromatic N) is 2. The van der Waals surface area contributed by atoms with E-state index in [-0.39, 0.29) is 22.7 Å². The molecule has 4 nitrogen and oxygen atoms in total. The Labute approximate surface area is 143 Å². The quantitative estimate of drug-likeness (QED) is 0.806. The van der Waals surface area contributed by atoms with Gasteiger partial charge in [0.2, 0.25) is 11.8 Å². The lowest BCUT2D eigenvalue weighted by Crippen LogP contribution is -2.50. The predicted molar refractivity (Wildman–Crippen MR) is 91.3 cm³/mol. The van der Waals surface area contributed by atoms with Gasteiger partial charge >= 0.3 is 0 Å². The fraction of sp³-hybridized carbons (Fsp3) is 0.500. The largest absolute Gasteiger partial charge is 0.340 e. The van der Waals surface area contributed by atoms with Crippen molar-refractivity contribution in [2.75, 3.05) is 12.8 Å². The number of halogens is 1. The first-order valence-corrected chi connectivity index (χ1v) is 9.14. The standard InChI is InChI=1S/C16H19BrN2O2S/c1-16-8-7-14(20)19(16)13(10-22-16)15(21)18(2)9-11-3-5-12(17)6-4-11/h3-6,13H,7-10H2,1-2H3. The molecule has 22 heavy (non-hydrogen) atoms. The molecule has 0 N–H and O–H groups in total. The van der Waals surface area contributed by atoms with Crippen molar-refractivity contribution in [2.45, 2.75) is 37.2 Å². The number of carbonyl (C=O) groups excluding carboxylic acids is 2. The third-order valence-corrected chi connectivity index (χ3v) is 6.47. The molecule has 1 aromatic rings. The van der Waals surface area contributed by atoms with Gasteiger partial charge in [0.25, 0.3) is 0 Å². The first-order chi connectivity index (χ1) is 10.4. The van der Waals surface area contributed by atoms with Crippen molar-refractivity contribution in [3.8, 4) is 0 Å². The number of rotatable bonds is 3. The van der Waals surface area contributed by atoms with Crippen LogP contribution in [0.15, 0.2) is 28.7 Å². The van der Waals surface area contributed by atoms with Crippen molar-refractivity contribution in [1.82, 2.24) is 9.80 Å². The molecule has 2 fully saturated rings. The number of thioether (sulfide) groups is 1.